The van der Waals surface area contributed by atoms with Crippen molar-refractivity contribution in [1.29, 1.82) is 0 Å². The highest BCUT2D eigenvalue weighted by molar-refractivity contribution is 9.10. The van der Waals surface area contributed by atoms with Gasteiger partial charge in [-0.1, -0.05) is 0 Å². The molecule has 2 aromatic rings. The molecule has 0 bridgehead atoms. The molecule has 1 atom stereocenters. The molecule has 0 aliphatic carbocycles. The van der Waals surface area contributed by atoms with Crippen molar-refractivity contribution in [2.75, 3.05) is 0 Å². The van der Waals surface area contributed by atoms with E-state index >= 15 is 0 Å². The van der Waals surface area contributed by atoms with Crippen LogP contribution in [0.15, 0.2) is 22.9 Å². The molecule has 1 unspecified atom stereocenters. The number of rotatable bonds is 2. The molecule has 2 heterocycles. The highest BCUT2D eigenvalue weighted by atomic mass is 79.9. The third-order valence-electron chi connectivity index (χ3n) is 2.41. The summed E-state index contributed by atoms with van der Waals surface area (Å²) >= 11 is 3.43. The number of hydrogen-bond acceptors (Lipinski definition) is 3. The van der Waals surface area contributed by atoms with Crippen LogP contribution < -0.4 is 5.73 Å². The Morgan fingerprint density at radius 2 is 2.07 bits per heavy atom. The third-order valence-corrected chi connectivity index (χ3v) is 3.02. The van der Waals surface area contributed by atoms with E-state index in [9.17, 15) is 0 Å². The molecule has 0 saturated heterocycles. The molecule has 6 heteroatoms. The lowest BCUT2D eigenvalue weighted by Crippen LogP contribution is -2.19. The second-order valence-electron chi connectivity index (χ2n) is 3.36. The van der Waals surface area contributed by atoms with Gasteiger partial charge in [-0.3, -0.25) is 9.36 Å². The van der Waals surface area contributed by atoms with Crippen molar-refractivity contribution >= 4 is 15.9 Å². The minimum Gasteiger partial charge on any atom is -0.318 e. The van der Waals surface area contributed by atoms with E-state index in [1.54, 1.807) is 21.8 Å². The van der Waals surface area contributed by atoms with Crippen LogP contribution in [-0.2, 0) is 14.1 Å². The van der Waals surface area contributed by atoms with E-state index in [-0.39, 0.29) is 6.04 Å². The van der Waals surface area contributed by atoms with Crippen molar-refractivity contribution in [1.82, 2.24) is 19.6 Å². The van der Waals surface area contributed by atoms with Crippen molar-refractivity contribution in [2.24, 2.45) is 19.8 Å². The fraction of sp³-hybridized carbons (Fsp3) is 0.333. The maximum absolute atomic E-state index is 6.16. The van der Waals surface area contributed by atoms with Gasteiger partial charge in [-0.05, 0) is 22.0 Å². The molecular formula is C9H12BrN5. The van der Waals surface area contributed by atoms with Crippen LogP contribution in [0, 0.1) is 0 Å². The van der Waals surface area contributed by atoms with Gasteiger partial charge in [0.15, 0.2) is 0 Å². The van der Waals surface area contributed by atoms with Crippen molar-refractivity contribution in [3.63, 3.8) is 0 Å². The van der Waals surface area contributed by atoms with Crippen LogP contribution in [0.1, 0.15) is 17.4 Å². The predicted molar refractivity (Wildman–Crippen MR) is 60.1 cm³/mol. The van der Waals surface area contributed by atoms with Crippen LogP contribution in [-0.4, -0.2) is 19.6 Å². The van der Waals surface area contributed by atoms with Gasteiger partial charge in [0.1, 0.15) is 0 Å². The molecule has 2 aromatic heterocycles. The van der Waals surface area contributed by atoms with E-state index in [1.807, 2.05) is 20.2 Å². The highest BCUT2D eigenvalue weighted by Crippen LogP contribution is 2.25. The van der Waals surface area contributed by atoms with Gasteiger partial charge in [-0.15, -0.1) is 0 Å². The Hall–Kier alpha value is -1.14. The van der Waals surface area contributed by atoms with Gasteiger partial charge in [0.25, 0.3) is 0 Å². The minimum absolute atomic E-state index is 0.223. The fourth-order valence-electron chi connectivity index (χ4n) is 1.60. The minimum atomic E-state index is -0.223. The Labute approximate surface area is 96.0 Å². The second kappa shape index (κ2) is 3.79. The van der Waals surface area contributed by atoms with Crippen molar-refractivity contribution < 1.29 is 0 Å². The molecule has 2 rings (SSSR count). The SMILES string of the molecule is Cn1nccc1C(N)c1c(Br)cnn1C. The maximum atomic E-state index is 6.16. The van der Waals surface area contributed by atoms with Gasteiger partial charge < -0.3 is 5.73 Å². The Balaban J connectivity index is 2.45. The quantitative estimate of drug-likeness (QED) is 0.884. The zero-order valence-electron chi connectivity index (χ0n) is 8.55. The molecule has 0 spiro atoms. The Kier molecular flexibility index (Phi) is 2.62. The van der Waals surface area contributed by atoms with Crippen molar-refractivity contribution in [3.8, 4) is 0 Å². The summed E-state index contributed by atoms with van der Waals surface area (Å²) < 4.78 is 4.45. The van der Waals surface area contributed by atoms with E-state index in [4.69, 9.17) is 5.73 Å². The average molecular weight is 270 g/mol. The van der Waals surface area contributed by atoms with Crippen molar-refractivity contribution in [3.05, 3.63) is 34.3 Å². The zero-order valence-corrected chi connectivity index (χ0v) is 10.1. The first kappa shape index (κ1) is 10.4. The summed E-state index contributed by atoms with van der Waals surface area (Å²) in [6, 6.07) is 1.68. The maximum Gasteiger partial charge on any atom is 0.0905 e. The van der Waals surface area contributed by atoms with Gasteiger partial charge in [0.05, 0.1) is 28.1 Å². The van der Waals surface area contributed by atoms with Crippen LogP contribution in [0.25, 0.3) is 0 Å². The number of aromatic nitrogens is 4. The third kappa shape index (κ3) is 1.70. The number of hydrogen-bond donors (Lipinski definition) is 1. The van der Waals surface area contributed by atoms with Gasteiger partial charge in [-0.25, -0.2) is 0 Å². The van der Waals surface area contributed by atoms with Gasteiger partial charge in [0.2, 0.25) is 0 Å². The molecule has 2 N–H and O–H groups in total. The van der Waals surface area contributed by atoms with Crippen LogP contribution >= 0.6 is 15.9 Å². The first-order chi connectivity index (χ1) is 7.11. The molecule has 0 amide bonds. The summed E-state index contributed by atoms with van der Waals surface area (Å²) in [5.41, 5.74) is 8.06. The van der Waals surface area contributed by atoms with Crippen LogP contribution in [0.4, 0.5) is 0 Å². The van der Waals surface area contributed by atoms with E-state index in [0.29, 0.717) is 0 Å². The molecule has 0 aliphatic rings. The average Bonchev–Trinajstić information content (AvgIpc) is 2.73. The molecule has 80 valence electrons. The first-order valence-corrected chi connectivity index (χ1v) is 5.31. The standard InChI is InChI=1S/C9H12BrN5/c1-14-7(3-4-12-14)8(11)9-6(10)5-13-15(9)2/h3-5,8H,11H2,1-2H3. The molecule has 15 heavy (non-hydrogen) atoms. The molecule has 0 aromatic carbocycles. The van der Waals surface area contributed by atoms with Gasteiger partial charge in [-0.2, -0.15) is 10.2 Å². The van der Waals surface area contributed by atoms with Crippen LogP contribution in [0.5, 0.6) is 0 Å². The fourth-order valence-corrected chi connectivity index (χ4v) is 2.19. The van der Waals surface area contributed by atoms with E-state index in [2.05, 4.69) is 26.1 Å². The molecule has 0 radical (unpaired) electrons. The Bertz CT molecular complexity index is 453. The lowest BCUT2D eigenvalue weighted by Gasteiger charge is -2.13. The smallest absolute Gasteiger partial charge is 0.0905 e. The highest BCUT2D eigenvalue weighted by Gasteiger charge is 2.18. The molecule has 0 aliphatic heterocycles. The lowest BCUT2D eigenvalue weighted by atomic mass is 10.1. The summed E-state index contributed by atoms with van der Waals surface area (Å²) in [5.74, 6) is 0. The summed E-state index contributed by atoms with van der Waals surface area (Å²) in [6.45, 7) is 0. The Morgan fingerprint density at radius 3 is 2.53 bits per heavy atom. The molecule has 5 nitrogen and oxygen atoms in total. The number of nitrogens with two attached hydrogens (primary N) is 1. The van der Waals surface area contributed by atoms with Crippen LogP contribution in [0.3, 0.4) is 0 Å². The number of halogens is 1. The number of aryl methyl sites for hydroxylation is 2. The monoisotopic (exact) mass is 269 g/mol. The van der Waals surface area contributed by atoms with E-state index in [1.165, 1.54) is 0 Å². The molecule has 0 fully saturated rings. The topological polar surface area (TPSA) is 61.7 Å². The Morgan fingerprint density at radius 1 is 1.33 bits per heavy atom. The van der Waals surface area contributed by atoms with Crippen LogP contribution in [0.2, 0.25) is 0 Å². The molecular weight excluding hydrogens is 258 g/mol. The van der Waals surface area contributed by atoms with Crippen molar-refractivity contribution in [2.45, 2.75) is 6.04 Å². The summed E-state index contributed by atoms with van der Waals surface area (Å²) in [5, 5.41) is 8.24. The van der Waals surface area contributed by atoms with Gasteiger partial charge in [0, 0.05) is 20.3 Å². The lowest BCUT2D eigenvalue weighted by molar-refractivity contribution is 0.620. The first-order valence-electron chi connectivity index (χ1n) is 4.52. The van der Waals surface area contributed by atoms with E-state index in [0.717, 1.165) is 15.9 Å². The predicted octanol–water partition coefficient (Wildman–Crippen LogP) is 0.964. The molecule has 0 saturated carbocycles. The summed E-state index contributed by atoms with van der Waals surface area (Å²) in [7, 11) is 3.75. The zero-order chi connectivity index (χ0) is 11.0. The van der Waals surface area contributed by atoms with E-state index < -0.39 is 0 Å². The van der Waals surface area contributed by atoms with Gasteiger partial charge >= 0.3 is 0 Å². The second-order valence-corrected chi connectivity index (χ2v) is 4.21. The largest absolute Gasteiger partial charge is 0.318 e. The normalized spacial score (nSPS) is 13.1. The summed E-state index contributed by atoms with van der Waals surface area (Å²) in [6.07, 6.45) is 3.48. The summed E-state index contributed by atoms with van der Waals surface area (Å²) in [4.78, 5) is 0. The number of nitrogens with zero attached hydrogens (tertiary/aromatic N) is 4.